The summed E-state index contributed by atoms with van der Waals surface area (Å²) in [5, 5.41) is 0. The average molecular weight is 386 g/mol. The van der Waals surface area contributed by atoms with Gasteiger partial charge < -0.3 is 9.64 Å². The molecule has 4 heteroatoms. The minimum Gasteiger partial charge on any atom is -0.462 e. The number of esters is 1. The Labute approximate surface area is 169 Å². The van der Waals surface area contributed by atoms with E-state index >= 15 is 0 Å². The normalized spacial score (nSPS) is 47.6. The van der Waals surface area contributed by atoms with E-state index in [2.05, 4.69) is 24.8 Å². The van der Waals surface area contributed by atoms with E-state index < -0.39 is 0 Å². The minimum absolute atomic E-state index is 0.0623. The van der Waals surface area contributed by atoms with Crippen molar-refractivity contribution in [2.24, 2.45) is 34.5 Å². The van der Waals surface area contributed by atoms with Gasteiger partial charge in [-0.15, -0.1) is 0 Å². The number of allylic oxidation sites excluding steroid dienone is 1. The van der Waals surface area contributed by atoms with Crippen LogP contribution < -0.4 is 0 Å². The molecule has 0 radical (unpaired) electrons. The maximum atomic E-state index is 13.3. The Bertz CT molecular complexity index is 725. The summed E-state index contributed by atoms with van der Waals surface area (Å²) in [5.74, 6) is 2.59. The van der Waals surface area contributed by atoms with Crippen molar-refractivity contribution in [3.05, 3.63) is 11.6 Å². The fraction of sp³-hybridized carbons (Fsp3) is 0.833. The first kappa shape index (κ1) is 18.8. The van der Waals surface area contributed by atoms with Crippen LogP contribution in [0.25, 0.3) is 0 Å². The third-order valence-corrected chi connectivity index (χ3v) is 9.27. The van der Waals surface area contributed by atoms with E-state index in [4.69, 9.17) is 4.74 Å². The molecule has 1 heterocycles. The molecule has 1 saturated heterocycles. The van der Waals surface area contributed by atoms with Crippen molar-refractivity contribution in [3.8, 4) is 0 Å². The van der Waals surface area contributed by atoms with E-state index in [1.54, 1.807) is 0 Å². The highest BCUT2D eigenvalue weighted by molar-refractivity contribution is 5.89. The molecular weight excluding hydrogens is 350 g/mol. The number of nitrogens with zero attached hydrogens (tertiary/aromatic N) is 1. The second-order valence-corrected chi connectivity index (χ2v) is 10.8. The van der Waals surface area contributed by atoms with Gasteiger partial charge in [-0.1, -0.05) is 25.5 Å². The van der Waals surface area contributed by atoms with E-state index in [0.717, 1.165) is 45.1 Å². The van der Waals surface area contributed by atoms with E-state index in [0.29, 0.717) is 23.5 Å². The lowest BCUT2D eigenvalue weighted by atomic mass is 9.48. The summed E-state index contributed by atoms with van der Waals surface area (Å²) in [7, 11) is 0. The SMILES string of the molecule is CC(=O)O[C@H]1CC[C@@]2(C)C(=CC[C@@H]3[C@@H]2CC[C@]2(C)C(=O)C(CN4CC4)C[C@@H]32)C1. The number of hydrogen-bond acceptors (Lipinski definition) is 4. The van der Waals surface area contributed by atoms with Crippen molar-refractivity contribution < 1.29 is 14.3 Å². The minimum atomic E-state index is -0.154. The number of fused-ring (bicyclic) bond motifs is 5. The molecule has 28 heavy (non-hydrogen) atoms. The summed E-state index contributed by atoms with van der Waals surface area (Å²) in [5.41, 5.74) is 1.68. The summed E-state index contributed by atoms with van der Waals surface area (Å²) in [6.07, 6.45) is 10.0. The number of Topliss-reactive ketones (excluding diaryl/α,β-unsaturated/α-hetero) is 1. The number of carbonyl (C=O) groups excluding carboxylic acids is 2. The maximum absolute atomic E-state index is 13.3. The topological polar surface area (TPSA) is 46.4 Å². The first-order chi connectivity index (χ1) is 13.3. The van der Waals surface area contributed by atoms with Crippen LogP contribution in [0.4, 0.5) is 0 Å². The van der Waals surface area contributed by atoms with Gasteiger partial charge in [0.05, 0.1) is 0 Å². The van der Waals surface area contributed by atoms with Gasteiger partial charge in [0.15, 0.2) is 0 Å². The van der Waals surface area contributed by atoms with Crippen LogP contribution in [0.3, 0.4) is 0 Å². The number of ether oxygens (including phenoxy) is 1. The van der Waals surface area contributed by atoms with Crippen LogP contribution in [-0.2, 0) is 14.3 Å². The standard InChI is InChI=1S/C24H35NO3/c1-15(26)28-18-6-8-23(2)17(13-18)4-5-19-20(23)7-9-24(3)21(19)12-16(22(24)27)14-25-10-11-25/h4,16,18-21H,5-14H2,1-3H3/t16?,18-,19+,20-,21-,23-,24-/m0/s1. The molecule has 1 aliphatic heterocycles. The van der Waals surface area contributed by atoms with Crippen molar-refractivity contribution in [2.45, 2.75) is 71.8 Å². The van der Waals surface area contributed by atoms with E-state index in [1.165, 1.54) is 32.0 Å². The van der Waals surface area contributed by atoms with E-state index in [9.17, 15) is 9.59 Å². The van der Waals surface area contributed by atoms with Gasteiger partial charge in [0, 0.05) is 44.3 Å². The Morgan fingerprint density at radius 3 is 2.64 bits per heavy atom. The summed E-state index contributed by atoms with van der Waals surface area (Å²) in [6, 6.07) is 0. The molecule has 0 aromatic heterocycles. The van der Waals surface area contributed by atoms with Gasteiger partial charge in [0.25, 0.3) is 0 Å². The number of rotatable bonds is 3. The lowest BCUT2D eigenvalue weighted by molar-refractivity contribution is -0.148. The van der Waals surface area contributed by atoms with Crippen LogP contribution in [0.15, 0.2) is 11.6 Å². The molecule has 5 aliphatic rings. The van der Waals surface area contributed by atoms with Crippen molar-refractivity contribution in [1.29, 1.82) is 0 Å². The van der Waals surface area contributed by atoms with E-state index in [-0.39, 0.29) is 28.8 Å². The van der Waals surface area contributed by atoms with Crippen LogP contribution >= 0.6 is 0 Å². The Balaban J connectivity index is 1.38. The monoisotopic (exact) mass is 385 g/mol. The zero-order valence-electron chi connectivity index (χ0n) is 17.7. The smallest absolute Gasteiger partial charge is 0.302 e. The molecule has 0 aromatic carbocycles. The summed E-state index contributed by atoms with van der Waals surface area (Å²) in [4.78, 5) is 27.2. The van der Waals surface area contributed by atoms with Gasteiger partial charge in [-0.05, 0) is 61.7 Å². The van der Waals surface area contributed by atoms with Gasteiger partial charge in [-0.2, -0.15) is 0 Å². The van der Waals surface area contributed by atoms with Gasteiger partial charge in [-0.3, -0.25) is 9.59 Å². The summed E-state index contributed by atoms with van der Waals surface area (Å²) < 4.78 is 5.55. The molecule has 1 unspecified atom stereocenters. The highest BCUT2D eigenvalue weighted by Crippen LogP contribution is 2.64. The highest BCUT2D eigenvalue weighted by Gasteiger charge is 2.61. The van der Waals surface area contributed by atoms with Gasteiger partial charge in [0.1, 0.15) is 11.9 Å². The van der Waals surface area contributed by atoms with Crippen molar-refractivity contribution >= 4 is 11.8 Å². The van der Waals surface area contributed by atoms with E-state index in [1.807, 2.05) is 0 Å². The molecule has 5 rings (SSSR count). The maximum Gasteiger partial charge on any atom is 0.302 e. The molecule has 0 bridgehead atoms. The molecule has 4 nitrogen and oxygen atoms in total. The largest absolute Gasteiger partial charge is 0.462 e. The zero-order chi connectivity index (χ0) is 19.7. The predicted octanol–water partition coefficient (Wildman–Crippen LogP) is 3.99. The lowest BCUT2D eigenvalue weighted by Crippen LogP contribution is -2.50. The molecule has 0 aromatic rings. The van der Waals surface area contributed by atoms with Crippen molar-refractivity contribution in [3.63, 3.8) is 0 Å². The number of hydrogen-bond donors (Lipinski definition) is 0. The molecule has 154 valence electrons. The Morgan fingerprint density at radius 1 is 1.18 bits per heavy atom. The fourth-order valence-electron chi connectivity index (χ4n) is 7.63. The second-order valence-electron chi connectivity index (χ2n) is 10.8. The average Bonchev–Trinajstić information content (AvgIpc) is 3.42. The van der Waals surface area contributed by atoms with Crippen LogP contribution in [0.2, 0.25) is 0 Å². The van der Waals surface area contributed by atoms with Crippen LogP contribution in [-0.4, -0.2) is 42.4 Å². The Hall–Kier alpha value is -1.16. The number of ketones is 1. The molecule has 7 atom stereocenters. The lowest BCUT2D eigenvalue weighted by Gasteiger charge is -2.56. The summed E-state index contributed by atoms with van der Waals surface area (Å²) in [6.45, 7) is 9.65. The Kier molecular flexibility index (Phi) is 4.32. The molecule has 4 fully saturated rings. The van der Waals surface area contributed by atoms with Crippen LogP contribution in [0.1, 0.15) is 65.7 Å². The van der Waals surface area contributed by atoms with Gasteiger partial charge >= 0.3 is 5.97 Å². The fourth-order valence-corrected chi connectivity index (χ4v) is 7.63. The Morgan fingerprint density at radius 2 is 1.93 bits per heavy atom. The molecular formula is C24H35NO3. The van der Waals surface area contributed by atoms with Gasteiger partial charge in [0.2, 0.25) is 0 Å². The van der Waals surface area contributed by atoms with Crippen molar-refractivity contribution in [1.82, 2.24) is 4.90 Å². The number of carbonyl (C=O) groups is 2. The third kappa shape index (κ3) is 2.81. The highest BCUT2D eigenvalue weighted by atomic mass is 16.5. The van der Waals surface area contributed by atoms with Crippen molar-refractivity contribution in [2.75, 3.05) is 19.6 Å². The van der Waals surface area contributed by atoms with Crippen LogP contribution in [0.5, 0.6) is 0 Å². The molecule has 4 aliphatic carbocycles. The zero-order valence-corrected chi connectivity index (χ0v) is 17.7. The molecule has 0 N–H and O–H groups in total. The first-order valence-corrected chi connectivity index (χ1v) is 11.4. The second kappa shape index (κ2) is 6.42. The quantitative estimate of drug-likeness (QED) is 0.419. The predicted molar refractivity (Wildman–Crippen MR) is 108 cm³/mol. The molecule has 3 saturated carbocycles. The van der Waals surface area contributed by atoms with Crippen LogP contribution in [0, 0.1) is 34.5 Å². The molecule has 0 spiro atoms. The first-order valence-electron chi connectivity index (χ1n) is 11.4. The molecule has 0 amide bonds. The third-order valence-electron chi connectivity index (χ3n) is 9.27. The van der Waals surface area contributed by atoms with Gasteiger partial charge in [-0.25, -0.2) is 0 Å². The summed E-state index contributed by atoms with van der Waals surface area (Å²) >= 11 is 0.